The maximum absolute atomic E-state index is 14.5. The number of nitrogens with two attached hydrogens (primary N) is 1. The number of halogens is 1. The quantitative estimate of drug-likeness (QED) is 0.694. The number of aromatic nitrogens is 2. The number of hydrogen-bond donors (Lipinski definition) is 2. The van der Waals surface area contributed by atoms with Crippen LogP contribution in [0.25, 0.3) is 5.69 Å². The summed E-state index contributed by atoms with van der Waals surface area (Å²) in [5, 5.41) is 18.2. The largest absolute Gasteiger partial charge is 0.476 e. The number of nitrogens with zero attached hydrogens (tertiary/aromatic N) is 2. The van der Waals surface area contributed by atoms with E-state index in [1.54, 1.807) is 0 Å². The minimum atomic E-state index is -4.06. The third-order valence-electron chi connectivity index (χ3n) is 3.95. The third-order valence-corrected chi connectivity index (χ3v) is 4.86. The van der Waals surface area contributed by atoms with Crippen molar-refractivity contribution in [3.63, 3.8) is 0 Å². The van der Waals surface area contributed by atoms with Crippen LogP contribution in [0.15, 0.2) is 53.4 Å². The van der Waals surface area contributed by atoms with Gasteiger partial charge in [-0.3, -0.25) is 0 Å². The van der Waals surface area contributed by atoms with E-state index in [4.69, 9.17) is 5.14 Å². The highest BCUT2D eigenvalue weighted by Crippen LogP contribution is 2.22. The van der Waals surface area contributed by atoms with Gasteiger partial charge >= 0.3 is 5.97 Å². The minimum Gasteiger partial charge on any atom is -0.476 e. The summed E-state index contributed by atoms with van der Waals surface area (Å²) in [5.74, 6) is -2.13. The Labute approximate surface area is 154 Å². The van der Waals surface area contributed by atoms with E-state index in [9.17, 15) is 22.7 Å². The van der Waals surface area contributed by atoms with Gasteiger partial charge in [0, 0.05) is 12.1 Å². The summed E-state index contributed by atoms with van der Waals surface area (Å²) < 4.78 is 38.4. The Balaban J connectivity index is 2.11. The maximum atomic E-state index is 14.5. The van der Waals surface area contributed by atoms with Crippen LogP contribution in [0.2, 0.25) is 0 Å². The molecule has 0 fully saturated rings. The van der Waals surface area contributed by atoms with Gasteiger partial charge in [0.1, 0.15) is 11.5 Å². The second-order valence-corrected chi connectivity index (χ2v) is 7.62. The molecular weight excluding hydrogens is 373 g/mol. The highest BCUT2D eigenvalue weighted by Gasteiger charge is 2.19. The van der Waals surface area contributed by atoms with E-state index in [-0.39, 0.29) is 16.3 Å². The van der Waals surface area contributed by atoms with Crippen molar-refractivity contribution >= 4 is 16.0 Å². The number of primary sulfonamides is 1. The minimum absolute atomic E-state index is 0.0717. The standard InChI is InChI=1S/C18H16FN3O4S/c1-11-3-2-4-12(7-11)8-13-9-16(18(23)24)21-22(13)17-6-5-14(10-15(17)19)27(20,25)26/h2-7,9-10H,8H2,1H3,(H,23,24)(H2,20,25,26). The Morgan fingerprint density at radius 1 is 1.22 bits per heavy atom. The van der Waals surface area contributed by atoms with Crippen molar-refractivity contribution in [3.05, 3.63) is 76.9 Å². The highest BCUT2D eigenvalue weighted by molar-refractivity contribution is 7.89. The number of carboxylic acid groups (broad SMARTS) is 1. The SMILES string of the molecule is Cc1cccc(Cc2cc(C(=O)O)nn2-c2ccc(S(N)(=O)=O)cc2F)c1. The topological polar surface area (TPSA) is 115 Å². The van der Waals surface area contributed by atoms with Crippen LogP contribution in [0.1, 0.15) is 27.3 Å². The van der Waals surface area contributed by atoms with Crippen molar-refractivity contribution in [3.8, 4) is 5.69 Å². The van der Waals surface area contributed by atoms with Crippen molar-refractivity contribution in [1.82, 2.24) is 9.78 Å². The van der Waals surface area contributed by atoms with Crippen LogP contribution in [-0.4, -0.2) is 29.3 Å². The molecule has 3 rings (SSSR count). The molecule has 0 atom stereocenters. The van der Waals surface area contributed by atoms with Gasteiger partial charge in [-0.1, -0.05) is 29.8 Å². The zero-order chi connectivity index (χ0) is 19.8. The highest BCUT2D eigenvalue weighted by atomic mass is 32.2. The fourth-order valence-corrected chi connectivity index (χ4v) is 3.25. The average molecular weight is 389 g/mol. The van der Waals surface area contributed by atoms with Gasteiger partial charge in [-0.25, -0.2) is 27.4 Å². The van der Waals surface area contributed by atoms with Crippen molar-refractivity contribution in [2.75, 3.05) is 0 Å². The van der Waals surface area contributed by atoms with Gasteiger partial charge in [-0.2, -0.15) is 5.10 Å². The van der Waals surface area contributed by atoms with Gasteiger partial charge in [0.2, 0.25) is 10.0 Å². The second kappa shape index (κ2) is 6.93. The van der Waals surface area contributed by atoms with Gasteiger partial charge in [0.05, 0.1) is 4.90 Å². The van der Waals surface area contributed by atoms with E-state index in [0.717, 1.165) is 27.9 Å². The fraction of sp³-hybridized carbons (Fsp3) is 0.111. The van der Waals surface area contributed by atoms with Gasteiger partial charge in [0.15, 0.2) is 5.69 Å². The number of rotatable bonds is 5. The summed E-state index contributed by atoms with van der Waals surface area (Å²) in [6.07, 6.45) is 0.318. The zero-order valence-electron chi connectivity index (χ0n) is 14.3. The van der Waals surface area contributed by atoms with E-state index in [2.05, 4.69) is 5.10 Å². The molecule has 0 aliphatic heterocycles. The Morgan fingerprint density at radius 2 is 1.96 bits per heavy atom. The summed E-state index contributed by atoms with van der Waals surface area (Å²) in [5.41, 5.74) is 2.06. The number of carboxylic acids is 1. The number of aromatic carboxylic acids is 1. The number of benzene rings is 2. The van der Waals surface area contributed by atoms with Crippen LogP contribution in [0.4, 0.5) is 4.39 Å². The molecule has 0 saturated carbocycles. The molecule has 0 radical (unpaired) electrons. The van der Waals surface area contributed by atoms with Crippen molar-refractivity contribution < 1.29 is 22.7 Å². The monoisotopic (exact) mass is 389 g/mol. The normalized spacial score (nSPS) is 11.5. The lowest BCUT2D eigenvalue weighted by Crippen LogP contribution is -2.13. The van der Waals surface area contributed by atoms with Crippen molar-refractivity contribution in [2.24, 2.45) is 5.14 Å². The van der Waals surface area contributed by atoms with Crippen LogP contribution in [-0.2, 0) is 16.4 Å². The van der Waals surface area contributed by atoms with Crippen LogP contribution < -0.4 is 5.14 Å². The van der Waals surface area contributed by atoms with Crippen LogP contribution in [0, 0.1) is 12.7 Å². The average Bonchev–Trinajstić information content (AvgIpc) is 2.98. The molecule has 3 aromatic rings. The predicted molar refractivity (Wildman–Crippen MR) is 95.8 cm³/mol. The van der Waals surface area contributed by atoms with Crippen molar-refractivity contribution in [1.29, 1.82) is 0 Å². The van der Waals surface area contributed by atoms with E-state index in [1.165, 1.54) is 12.1 Å². The molecule has 1 heterocycles. The van der Waals surface area contributed by atoms with Crippen LogP contribution in [0.5, 0.6) is 0 Å². The van der Waals surface area contributed by atoms with Gasteiger partial charge in [0.25, 0.3) is 0 Å². The molecule has 0 unspecified atom stereocenters. The van der Waals surface area contributed by atoms with Gasteiger partial charge in [-0.05, 0) is 36.8 Å². The summed E-state index contributed by atoms with van der Waals surface area (Å²) in [7, 11) is -4.06. The molecule has 0 amide bonds. The first-order valence-electron chi connectivity index (χ1n) is 7.85. The maximum Gasteiger partial charge on any atom is 0.356 e. The number of carbonyl (C=O) groups is 1. The van der Waals surface area contributed by atoms with E-state index < -0.39 is 21.8 Å². The molecule has 0 saturated heterocycles. The smallest absolute Gasteiger partial charge is 0.356 e. The molecule has 3 N–H and O–H groups in total. The van der Waals surface area contributed by atoms with E-state index >= 15 is 0 Å². The van der Waals surface area contributed by atoms with Crippen molar-refractivity contribution in [2.45, 2.75) is 18.2 Å². The first-order valence-corrected chi connectivity index (χ1v) is 9.40. The molecule has 27 heavy (non-hydrogen) atoms. The molecule has 140 valence electrons. The number of sulfonamides is 1. The van der Waals surface area contributed by atoms with Gasteiger partial charge in [-0.15, -0.1) is 0 Å². The Morgan fingerprint density at radius 3 is 2.56 bits per heavy atom. The molecule has 0 aliphatic rings. The van der Waals surface area contributed by atoms with Crippen LogP contribution >= 0.6 is 0 Å². The Kier molecular flexibility index (Phi) is 4.81. The molecule has 1 aromatic heterocycles. The lowest BCUT2D eigenvalue weighted by Gasteiger charge is -2.10. The first-order chi connectivity index (χ1) is 12.6. The Hall–Kier alpha value is -3.04. The summed E-state index contributed by atoms with van der Waals surface area (Å²) in [6.45, 7) is 1.93. The van der Waals surface area contributed by atoms with E-state index in [1.807, 2.05) is 31.2 Å². The lowest BCUT2D eigenvalue weighted by molar-refractivity contribution is 0.0690. The number of aryl methyl sites for hydroxylation is 1. The summed E-state index contributed by atoms with van der Waals surface area (Å²) >= 11 is 0. The zero-order valence-corrected chi connectivity index (χ0v) is 15.1. The summed E-state index contributed by atoms with van der Waals surface area (Å²) in [4.78, 5) is 10.9. The Bertz CT molecular complexity index is 1140. The molecule has 0 aliphatic carbocycles. The number of hydrogen-bond acceptors (Lipinski definition) is 4. The molecular formula is C18H16FN3O4S. The molecule has 2 aromatic carbocycles. The third kappa shape index (κ3) is 4.04. The lowest BCUT2D eigenvalue weighted by atomic mass is 10.1. The molecule has 9 heteroatoms. The molecule has 7 nitrogen and oxygen atoms in total. The predicted octanol–water partition coefficient (Wildman–Crippen LogP) is 2.26. The second-order valence-electron chi connectivity index (χ2n) is 6.06. The summed E-state index contributed by atoms with van der Waals surface area (Å²) in [6, 6.07) is 12.1. The van der Waals surface area contributed by atoms with E-state index in [0.29, 0.717) is 12.1 Å². The molecule has 0 bridgehead atoms. The molecule has 0 spiro atoms. The fourth-order valence-electron chi connectivity index (χ4n) is 2.73. The van der Waals surface area contributed by atoms with Crippen LogP contribution in [0.3, 0.4) is 0 Å². The van der Waals surface area contributed by atoms with Gasteiger partial charge < -0.3 is 5.11 Å². The first kappa shape index (κ1) is 18.7.